The Morgan fingerprint density at radius 2 is 2.36 bits per heavy atom. The molecule has 0 amide bonds. The number of carbonyl (C=O) groups is 1. The van der Waals surface area contributed by atoms with Gasteiger partial charge in [0, 0.05) is 19.1 Å². The van der Waals surface area contributed by atoms with Gasteiger partial charge in [0.2, 0.25) is 0 Å². The fourth-order valence-corrected chi connectivity index (χ4v) is 1.61. The van der Waals surface area contributed by atoms with Gasteiger partial charge in [0.1, 0.15) is 0 Å². The highest BCUT2D eigenvalue weighted by atomic mass is 16.5. The quantitative estimate of drug-likeness (QED) is 0.638. The highest BCUT2D eigenvalue weighted by molar-refractivity contribution is 5.87. The van der Waals surface area contributed by atoms with Crippen LogP contribution < -0.4 is 0 Å². The lowest BCUT2D eigenvalue weighted by molar-refractivity contribution is -0.112. The zero-order chi connectivity index (χ0) is 10.6. The van der Waals surface area contributed by atoms with Gasteiger partial charge in [0.05, 0.1) is 12.7 Å². The molecule has 1 rings (SSSR count). The standard InChI is InChI=1S/C11H19NO2/c1-9(4-5-10(2)13)12-6-7-14-11(3)8-12/h4-5,9,11H,6-8H2,1-3H3/b5-4+/t9?,11-/m1/s1. The molecule has 1 aliphatic heterocycles. The van der Waals surface area contributed by atoms with E-state index in [0.29, 0.717) is 12.1 Å². The highest BCUT2D eigenvalue weighted by Gasteiger charge is 2.19. The molecule has 1 saturated heterocycles. The summed E-state index contributed by atoms with van der Waals surface area (Å²) in [7, 11) is 0. The second-order valence-corrected chi connectivity index (χ2v) is 3.89. The molecule has 0 aliphatic carbocycles. The van der Waals surface area contributed by atoms with Crippen LogP contribution in [0.25, 0.3) is 0 Å². The Morgan fingerprint density at radius 3 is 2.93 bits per heavy atom. The Morgan fingerprint density at radius 1 is 1.64 bits per heavy atom. The Bertz CT molecular complexity index is 225. The molecule has 14 heavy (non-hydrogen) atoms. The molecule has 1 fully saturated rings. The lowest BCUT2D eigenvalue weighted by Crippen LogP contribution is -2.45. The molecule has 0 bridgehead atoms. The minimum absolute atomic E-state index is 0.109. The zero-order valence-electron chi connectivity index (χ0n) is 9.19. The Kier molecular flexibility index (Phi) is 4.29. The lowest BCUT2D eigenvalue weighted by atomic mass is 10.2. The second kappa shape index (κ2) is 5.27. The van der Waals surface area contributed by atoms with E-state index in [2.05, 4.69) is 18.7 Å². The normalized spacial score (nSPS) is 26.6. The third-order valence-electron chi connectivity index (χ3n) is 2.46. The molecule has 0 spiro atoms. The largest absolute Gasteiger partial charge is 0.376 e. The molecule has 0 saturated carbocycles. The first-order valence-electron chi connectivity index (χ1n) is 5.14. The van der Waals surface area contributed by atoms with Gasteiger partial charge in [-0.05, 0) is 26.8 Å². The van der Waals surface area contributed by atoms with Gasteiger partial charge in [-0.25, -0.2) is 0 Å². The van der Waals surface area contributed by atoms with Crippen LogP contribution in [0.5, 0.6) is 0 Å². The van der Waals surface area contributed by atoms with Gasteiger partial charge in [0.25, 0.3) is 0 Å². The zero-order valence-corrected chi connectivity index (χ0v) is 9.19. The van der Waals surface area contributed by atoms with E-state index >= 15 is 0 Å². The van der Waals surface area contributed by atoms with E-state index in [0.717, 1.165) is 19.7 Å². The van der Waals surface area contributed by atoms with Gasteiger partial charge >= 0.3 is 0 Å². The Balaban J connectivity index is 2.43. The summed E-state index contributed by atoms with van der Waals surface area (Å²) in [5, 5.41) is 0. The van der Waals surface area contributed by atoms with E-state index in [1.807, 2.05) is 6.08 Å². The van der Waals surface area contributed by atoms with Crippen molar-refractivity contribution in [2.75, 3.05) is 19.7 Å². The summed E-state index contributed by atoms with van der Waals surface area (Å²) in [6.45, 7) is 8.45. The van der Waals surface area contributed by atoms with Gasteiger partial charge in [-0.2, -0.15) is 0 Å². The van der Waals surface area contributed by atoms with Crippen molar-refractivity contribution in [2.45, 2.75) is 32.9 Å². The summed E-state index contributed by atoms with van der Waals surface area (Å²) in [4.78, 5) is 13.1. The summed E-state index contributed by atoms with van der Waals surface area (Å²) in [5.74, 6) is 0.109. The third kappa shape index (κ3) is 3.60. The molecule has 3 nitrogen and oxygen atoms in total. The first-order valence-corrected chi connectivity index (χ1v) is 5.14. The van der Waals surface area contributed by atoms with Crippen LogP contribution in [0.2, 0.25) is 0 Å². The van der Waals surface area contributed by atoms with Gasteiger partial charge in [-0.15, -0.1) is 0 Å². The molecule has 3 heteroatoms. The van der Waals surface area contributed by atoms with Gasteiger partial charge in [-0.3, -0.25) is 9.69 Å². The molecular formula is C11H19NO2. The minimum atomic E-state index is 0.109. The molecule has 0 aromatic heterocycles. The van der Waals surface area contributed by atoms with Crippen LogP contribution >= 0.6 is 0 Å². The van der Waals surface area contributed by atoms with Crippen molar-refractivity contribution in [3.05, 3.63) is 12.2 Å². The third-order valence-corrected chi connectivity index (χ3v) is 2.46. The van der Waals surface area contributed by atoms with E-state index < -0.39 is 0 Å². The molecule has 1 unspecified atom stereocenters. The molecule has 0 aromatic carbocycles. The first kappa shape index (κ1) is 11.4. The number of hydrogen-bond donors (Lipinski definition) is 0. The number of nitrogens with zero attached hydrogens (tertiary/aromatic N) is 1. The number of ketones is 1. The van der Waals surface area contributed by atoms with Crippen LogP contribution in [-0.2, 0) is 9.53 Å². The second-order valence-electron chi connectivity index (χ2n) is 3.89. The number of rotatable bonds is 3. The maximum atomic E-state index is 10.8. The summed E-state index contributed by atoms with van der Waals surface area (Å²) < 4.78 is 5.45. The summed E-state index contributed by atoms with van der Waals surface area (Å²) in [6, 6.07) is 0.324. The Hall–Kier alpha value is -0.670. The van der Waals surface area contributed by atoms with Crippen molar-refractivity contribution in [1.29, 1.82) is 0 Å². The van der Waals surface area contributed by atoms with Gasteiger partial charge in [-0.1, -0.05) is 6.08 Å². The number of hydrogen-bond acceptors (Lipinski definition) is 3. The average molecular weight is 197 g/mol. The van der Waals surface area contributed by atoms with Crippen molar-refractivity contribution in [1.82, 2.24) is 4.90 Å². The van der Waals surface area contributed by atoms with Crippen molar-refractivity contribution < 1.29 is 9.53 Å². The van der Waals surface area contributed by atoms with Crippen LogP contribution in [0.1, 0.15) is 20.8 Å². The summed E-state index contributed by atoms with van der Waals surface area (Å²) in [5.41, 5.74) is 0. The van der Waals surface area contributed by atoms with Crippen molar-refractivity contribution in [3.63, 3.8) is 0 Å². The predicted octanol–water partition coefficient (Wildman–Crippen LogP) is 1.24. The molecule has 0 radical (unpaired) electrons. The topological polar surface area (TPSA) is 29.5 Å². The molecule has 1 aliphatic rings. The molecule has 0 aromatic rings. The molecule has 1 heterocycles. The molecular weight excluding hydrogens is 178 g/mol. The Labute approximate surface area is 85.7 Å². The highest BCUT2D eigenvalue weighted by Crippen LogP contribution is 2.09. The molecule has 80 valence electrons. The van der Waals surface area contributed by atoms with Crippen molar-refractivity contribution in [3.8, 4) is 0 Å². The number of ether oxygens (including phenoxy) is 1. The predicted molar refractivity (Wildman–Crippen MR) is 56.3 cm³/mol. The van der Waals surface area contributed by atoms with Crippen LogP contribution in [-0.4, -0.2) is 42.5 Å². The smallest absolute Gasteiger partial charge is 0.152 e. The van der Waals surface area contributed by atoms with Gasteiger partial charge < -0.3 is 4.74 Å². The number of morpholine rings is 1. The fourth-order valence-electron chi connectivity index (χ4n) is 1.61. The monoisotopic (exact) mass is 197 g/mol. The van der Waals surface area contributed by atoms with E-state index in [-0.39, 0.29) is 5.78 Å². The van der Waals surface area contributed by atoms with Crippen LogP contribution in [0.4, 0.5) is 0 Å². The van der Waals surface area contributed by atoms with E-state index in [9.17, 15) is 4.79 Å². The molecule has 2 atom stereocenters. The SMILES string of the molecule is CC(=O)/C=C/C(C)N1CCO[C@H](C)C1. The number of allylic oxidation sites excluding steroid dienone is 1. The van der Waals surface area contributed by atoms with Gasteiger partial charge in [0.15, 0.2) is 5.78 Å². The maximum Gasteiger partial charge on any atom is 0.152 e. The van der Waals surface area contributed by atoms with E-state index in [1.54, 1.807) is 13.0 Å². The lowest BCUT2D eigenvalue weighted by Gasteiger charge is -2.34. The first-order chi connectivity index (χ1) is 6.59. The average Bonchev–Trinajstić information content (AvgIpc) is 2.14. The minimum Gasteiger partial charge on any atom is -0.376 e. The van der Waals surface area contributed by atoms with Crippen LogP contribution in [0, 0.1) is 0 Å². The van der Waals surface area contributed by atoms with E-state index in [4.69, 9.17) is 4.74 Å². The summed E-state index contributed by atoms with van der Waals surface area (Å²) in [6.07, 6.45) is 3.91. The van der Waals surface area contributed by atoms with Crippen molar-refractivity contribution in [2.24, 2.45) is 0 Å². The maximum absolute atomic E-state index is 10.8. The number of carbonyl (C=O) groups excluding carboxylic acids is 1. The van der Waals surface area contributed by atoms with Crippen molar-refractivity contribution >= 4 is 5.78 Å². The fraction of sp³-hybridized carbons (Fsp3) is 0.727. The summed E-state index contributed by atoms with van der Waals surface area (Å²) >= 11 is 0. The van der Waals surface area contributed by atoms with Crippen LogP contribution in [0.15, 0.2) is 12.2 Å². The molecule has 0 N–H and O–H groups in total. The van der Waals surface area contributed by atoms with E-state index in [1.165, 1.54) is 0 Å². The van der Waals surface area contributed by atoms with Crippen LogP contribution in [0.3, 0.4) is 0 Å².